The molecule has 0 bridgehead atoms. The van der Waals surface area contributed by atoms with Gasteiger partial charge in [-0.25, -0.2) is 9.78 Å². The number of oxime groups is 1. The lowest BCUT2D eigenvalue weighted by Crippen LogP contribution is -2.71. The van der Waals surface area contributed by atoms with Crippen LogP contribution in [0.4, 0.5) is 5.13 Å². The second kappa shape index (κ2) is 9.39. The minimum Gasteiger partial charge on any atom is -0.477 e. The number of amides is 2. The number of carbonyl (C=O) groups is 4. The van der Waals surface area contributed by atoms with Gasteiger partial charge in [0.2, 0.25) is 0 Å². The number of nitrogen functional groups attached to an aromatic ring is 1. The van der Waals surface area contributed by atoms with Crippen molar-refractivity contribution in [3.05, 3.63) is 22.3 Å². The molecule has 1 saturated heterocycles. The number of thiazole rings is 1. The molecule has 0 radical (unpaired) electrons. The topological polar surface area (TPSA) is 174 Å². The first-order valence-electron chi connectivity index (χ1n) is 10.0. The highest BCUT2D eigenvalue weighted by Gasteiger charge is 2.54. The second-order valence-electron chi connectivity index (χ2n) is 7.65. The van der Waals surface area contributed by atoms with Crippen LogP contribution in [-0.4, -0.2) is 74.8 Å². The number of nitrogens with zero attached hydrogens (tertiary/aromatic N) is 3. The van der Waals surface area contributed by atoms with E-state index in [1.165, 1.54) is 18.7 Å². The summed E-state index contributed by atoms with van der Waals surface area (Å²) in [5.41, 5.74) is 5.87. The first-order valence-corrected chi connectivity index (χ1v) is 11.9. The quantitative estimate of drug-likeness (QED) is 0.185. The number of hydrogen-bond acceptors (Lipinski definition) is 11. The molecule has 12 nitrogen and oxygen atoms in total. The molecule has 3 aliphatic rings. The van der Waals surface area contributed by atoms with Gasteiger partial charge in [-0.2, -0.15) is 0 Å². The van der Waals surface area contributed by atoms with Gasteiger partial charge in [-0.1, -0.05) is 5.16 Å². The van der Waals surface area contributed by atoms with Gasteiger partial charge in [-0.15, -0.1) is 23.1 Å². The van der Waals surface area contributed by atoms with Gasteiger partial charge in [-0.3, -0.25) is 19.3 Å². The average molecular weight is 496 g/mol. The Morgan fingerprint density at radius 2 is 2.15 bits per heavy atom. The largest absolute Gasteiger partial charge is 0.477 e. The highest BCUT2D eigenvalue weighted by molar-refractivity contribution is 8.00. The number of carboxylic acid groups (broad SMARTS) is 1. The summed E-state index contributed by atoms with van der Waals surface area (Å²) in [5, 5.41) is 17.4. The molecule has 1 aromatic heterocycles. The Kier molecular flexibility index (Phi) is 6.56. The summed E-state index contributed by atoms with van der Waals surface area (Å²) in [6.45, 7) is 1.37. The summed E-state index contributed by atoms with van der Waals surface area (Å²) >= 11 is 2.40. The zero-order chi connectivity index (χ0) is 23.7. The third kappa shape index (κ3) is 4.95. The number of carboxylic acids is 1. The molecule has 14 heteroatoms. The number of thioether (sulfide) groups is 1. The van der Waals surface area contributed by atoms with E-state index in [9.17, 15) is 24.3 Å². The minimum atomic E-state index is -1.31. The summed E-state index contributed by atoms with van der Waals surface area (Å²) in [6.07, 6.45) is 2.09. The summed E-state index contributed by atoms with van der Waals surface area (Å²) in [6, 6.07) is -0.961. The lowest BCUT2D eigenvalue weighted by atomic mass is 10.0. The Morgan fingerprint density at radius 1 is 1.39 bits per heavy atom. The van der Waals surface area contributed by atoms with Gasteiger partial charge in [0.1, 0.15) is 36.0 Å². The van der Waals surface area contributed by atoms with Gasteiger partial charge in [0, 0.05) is 23.6 Å². The molecule has 1 saturated carbocycles. The van der Waals surface area contributed by atoms with Gasteiger partial charge in [-0.05, 0) is 18.8 Å². The van der Waals surface area contributed by atoms with Gasteiger partial charge in [0.15, 0.2) is 10.8 Å². The number of esters is 1. The Balaban J connectivity index is 1.48. The molecule has 33 heavy (non-hydrogen) atoms. The van der Waals surface area contributed by atoms with Crippen molar-refractivity contribution in [2.45, 2.75) is 31.2 Å². The number of aromatic nitrogens is 1. The molecular weight excluding hydrogens is 474 g/mol. The van der Waals surface area contributed by atoms with Crippen LogP contribution in [-0.2, 0) is 28.8 Å². The molecule has 3 heterocycles. The number of anilines is 1. The van der Waals surface area contributed by atoms with Crippen molar-refractivity contribution in [2.75, 3.05) is 24.7 Å². The fraction of sp³-hybridized carbons (Fsp3) is 0.474. The number of fused-ring (bicyclic) bond motifs is 1. The number of nitrogens with two attached hydrogens (primary N) is 1. The molecule has 4 rings (SSSR count). The Labute approximate surface area is 196 Å². The molecule has 4 N–H and O–H groups in total. The number of rotatable bonds is 9. The van der Waals surface area contributed by atoms with E-state index in [0.717, 1.165) is 29.1 Å². The first kappa shape index (κ1) is 23.0. The van der Waals surface area contributed by atoms with Crippen LogP contribution in [0.3, 0.4) is 0 Å². The van der Waals surface area contributed by atoms with E-state index in [2.05, 4.69) is 15.5 Å². The van der Waals surface area contributed by atoms with Crippen molar-refractivity contribution < 1.29 is 33.9 Å². The summed E-state index contributed by atoms with van der Waals surface area (Å²) in [5.74, 6) is -2.49. The number of β-lactam (4-membered cyclic amide) rings is 1. The van der Waals surface area contributed by atoms with Gasteiger partial charge < -0.3 is 25.7 Å². The molecule has 2 atom stereocenters. The maximum Gasteiger partial charge on any atom is 0.352 e. The average Bonchev–Trinajstić information content (AvgIpc) is 3.50. The highest BCUT2D eigenvalue weighted by atomic mass is 32.2. The molecule has 1 aliphatic carbocycles. The van der Waals surface area contributed by atoms with Gasteiger partial charge >= 0.3 is 11.9 Å². The van der Waals surface area contributed by atoms with Crippen LogP contribution in [0.5, 0.6) is 0 Å². The van der Waals surface area contributed by atoms with Crippen molar-refractivity contribution in [3.63, 3.8) is 0 Å². The van der Waals surface area contributed by atoms with E-state index in [4.69, 9.17) is 15.3 Å². The number of carbonyl (C=O) groups excluding carboxylic acids is 3. The van der Waals surface area contributed by atoms with E-state index < -0.39 is 35.2 Å². The van der Waals surface area contributed by atoms with Crippen LogP contribution >= 0.6 is 23.1 Å². The van der Waals surface area contributed by atoms with Gasteiger partial charge in [0.25, 0.3) is 11.8 Å². The SMILES string of the molecule is CC(=O)OCC1=C(C(=O)O)N2C(=O)[C@@H](NC(=O)/C(=N\OCC3CC3)c3csc(N)n3)[C@@H]2SC1. The Bertz CT molecular complexity index is 1060. The normalized spacial score (nSPS) is 22.4. The fourth-order valence-electron chi connectivity index (χ4n) is 3.29. The van der Waals surface area contributed by atoms with Gasteiger partial charge in [0.05, 0.1) is 0 Å². The highest BCUT2D eigenvalue weighted by Crippen LogP contribution is 2.40. The van der Waals surface area contributed by atoms with Crippen LogP contribution in [0.25, 0.3) is 0 Å². The van der Waals surface area contributed by atoms with E-state index in [-0.39, 0.29) is 34.6 Å². The van der Waals surface area contributed by atoms with Crippen LogP contribution in [0.15, 0.2) is 21.8 Å². The molecule has 1 aromatic rings. The number of hydrogen-bond donors (Lipinski definition) is 3. The zero-order valence-corrected chi connectivity index (χ0v) is 19.1. The maximum absolute atomic E-state index is 13.0. The molecular formula is C19H21N5O7S2. The Hall–Kier alpha value is -3.13. The molecule has 0 aromatic carbocycles. The minimum absolute atomic E-state index is 0.111. The van der Waals surface area contributed by atoms with Crippen molar-refractivity contribution in [1.82, 2.24) is 15.2 Å². The molecule has 0 spiro atoms. The molecule has 2 amide bonds. The fourth-order valence-corrected chi connectivity index (χ4v) is 5.16. The number of ether oxygens (including phenoxy) is 1. The van der Waals surface area contributed by atoms with Crippen LogP contribution in [0, 0.1) is 5.92 Å². The molecule has 2 aliphatic heterocycles. The summed E-state index contributed by atoms with van der Waals surface area (Å²) < 4.78 is 4.91. The summed E-state index contributed by atoms with van der Waals surface area (Å²) in [4.78, 5) is 59.1. The smallest absolute Gasteiger partial charge is 0.352 e. The zero-order valence-electron chi connectivity index (χ0n) is 17.5. The predicted octanol–water partition coefficient (Wildman–Crippen LogP) is 0.158. The standard InChI is InChI=1S/C19H21N5O7S2/c1-8(25)30-5-10-6-32-17-13(16(27)24(17)14(10)18(28)29)22-15(26)12(11-7-33-19(20)21-11)23-31-4-9-2-3-9/h7,9,13,17H,2-6H2,1H3,(H2,20,21)(H,22,26)(H,28,29)/b23-12-/t13-,17+/m1/s1. The maximum atomic E-state index is 13.0. The lowest BCUT2D eigenvalue weighted by molar-refractivity contribution is -0.150. The van der Waals surface area contributed by atoms with E-state index >= 15 is 0 Å². The molecule has 2 fully saturated rings. The first-order chi connectivity index (χ1) is 15.8. The second-order valence-corrected chi connectivity index (χ2v) is 9.64. The van der Waals surface area contributed by atoms with Crippen LogP contribution in [0.2, 0.25) is 0 Å². The third-order valence-electron chi connectivity index (χ3n) is 5.13. The number of aliphatic carboxylic acids is 1. The number of nitrogens with one attached hydrogen (secondary N) is 1. The van der Waals surface area contributed by atoms with E-state index in [1.54, 1.807) is 5.38 Å². The predicted molar refractivity (Wildman–Crippen MR) is 118 cm³/mol. The van der Waals surface area contributed by atoms with Crippen molar-refractivity contribution in [1.29, 1.82) is 0 Å². The molecule has 0 unspecified atom stereocenters. The van der Waals surface area contributed by atoms with Crippen LogP contribution < -0.4 is 11.1 Å². The monoisotopic (exact) mass is 495 g/mol. The third-order valence-corrected chi connectivity index (χ3v) is 7.14. The Morgan fingerprint density at radius 3 is 2.76 bits per heavy atom. The van der Waals surface area contributed by atoms with E-state index in [1.807, 2.05) is 0 Å². The van der Waals surface area contributed by atoms with Crippen molar-refractivity contribution >= 4 is 57.7 Å². The van der Waals surface area contributed by atoms with Crippen LogP contribution in [0.1, 0.15) is 25.5 Å². The van der Waals surface area contributed by atoms with E-state index in [0.29, 0.717) is 18.1 Å². The van der Waals surface area contributed by atoms with Crippen molar-refractivity contribution in [3.8, 4) is 0 Å². The van der Waals surface area contributed by atoms with Crippen molar-refractivity contribution in [2.24, 2.45) is 11.1 Å². The molecule has 176 valence electrons. The lowest BCUT2D eigenvalue weighted by Gasteiger charge is -2.49. The summed E-state index contributed by atoms with van der Waals surface area (Å²) in [7, 11) is 0.